The highest BCUT2D eigenvalue weighted by molar-refractivity contribution is 7.80. The molecule has 0 unspecified atom stereocenters. The van der Waals surface area contributed by atoms with Crippen molar-refractivity contribution in [1.29, 1.82) is 0 Å². The third kappa shape index (κ3) is 3.14. The Kier molecular flexibility index (Phi) is 4.34. The fraction of sp³-hybridized carbons (Fsp3) is 0.357. The number of piperidine rings is 1. The van der Waals surface area contributed by atoms with Gasteiger partial charge in [0.1, 0.15) is 17.3 Å². The van der Waals surface area contributed by atoms with E-state index in [1.165, 1.54) is 4.90 Å². The van der Waals surface area contributed by atoms with E-state index < -0.39 is 0 Å². The Morgan fingerprint density at radius 1 is 1.35 bits per heavy atom. The van der Waals surface area contributed by atoms with E-state index in [-0.39, 0.29) is 29.3 Å². The lowest BCUT2D eigenvalue weighted by Crippen LogP contribution is -2.43. The van der Waals surface area contributed by atoms with Crippen LogP contribution in [0, 0.1) is 5.92 Å². The zero-order valence-electron chi connectivity index (χ0n) is 11.2. The second kappa shape index (κ2) is 6.00. The first-order chi connectivity index (χ1) is 9.49. The normalized spacial score (nSPS) is 16.4. The summed E-state index contributed by atoms with van der Waals surface area (Å²) >= 11 is 4.76. The molecular weight excluding hydrogens is 276 g/mol. The van der Waals surface area contributed by atoms with E-state index in [0.29, 0.717) is 24.3 Å². The minimum Gasteiger partial charge on any atom is -0.484 e. The molecule has 2 N–H and O–H groups in total. The van der Waals surface area contributed by atoms with Crippen molar-refractivity contribution in [3.63, 3.8) is 0 Å². The summed E-state index contributed by atoms with van der Waals surface area (Å²) in [5, 5.41) is 0. The quantitative estimate of drug-likeness (QED) is 0.674. The van der Waals surface area contributed by atoms with Gasteiger partial charge in [-0.05, 0) is 18.1 Å². The number of hydrogen-bond donors (Lipinski definition) is 1. The summed E-state index contributed by atoms with van der Waals surface area (Å²) in [6.07, 6.45) is 0.713. The number of para-hydroxylation sites is 2. The number of benzene rings is 1. The fourth-order valence-corrected chi connectivity index (χ4v) is 2.23. The van der Waals surface area contributed by atoms with Gasteiger partial charge in [0.15, 0.2) is 0 Å². The summed E-state index contributed by atoms with van der Waals surface area (Å²) in [5.74, 6) is 0.0905. The van der Waals surface area contributed by atoms with Crippen LogP contribution in [0.3, 0.4) is 0 Å². The van der Waals surface area contributed by atoms with Crippen molar-refractivity contribution in [2.24, 2.45) is 11.7 Å². The van der Waals surface area contributed by atoms with Crippen LogP contribution in [0.2, 0.25) is 0 Å². The lowest BCUT2D eigenvalue weighted by Gasteiger charge is -2.29. The Morgan fingerprint density at radius 2 is 1.95 bits per heavy atom. The molecule has 20 heavy (non-hydrogen) atoms. The molecule has 0 aromatic heterocycles. The number of thiocarbonyl (C=S) groups is 1. The summed E-state index contributed by atoms with van der Waals surface area (Å²) in [6.45, 7) is 1.96. The highest BCUT2D eigenvalue weighted by atomic mass is 32.1. The van der Waals surface area contributed by atoms with E-state index in [1.807, 2.05) is 6.92 Å². The molecule has 0 saturated carbocycles. The number of rotatable bonds is 4. The van der Waals surface area contributed by atoms with Crippen molar-refractivity contribution in [2.75, 3.05) is 11.5 Å². The predicted octanol–water partition coefficient (Wildman–Crippen LogP) is 1.64. The van der Waals surface area contributed by atoms with Crippen LogP contribution in [0.1, 0.15) is 19.8 Å². The molecule has 0 aliphatic carbocycles. The number of amides is 2. The molecular formula is C14H16N2O3S. The van der Waals surface area contributed by atoms with E-state index in [4.69, 9.17) is 22.7 Å². The van der Waals surface area contributed by atoms with Gasteiger partial charge in [-0.3, -0.25) is 9.59 Å². The molecule has 1 aliphatic rings. The summed E-state index contributed by atoms with van der Waals surface area (Å²) < 4.78 is 5.46. The maximum atomic E-state index is 12.1. The molecule has 0 atom stereocenters. The molecule has 2 rings (SSSR count). The van der Waals surface area contributed by atoms with Gasteiger partial charge in [0, 0.05) is 12.8 Å². The van der Waals surface area contributed by atoms with Crippen LogP contribution in [0.5, 0.6) is 5.75 Å². The minimum atomic E-state index is -0.208. The van der Waals surface area contributed by atoms with Gasteiger partial charge in [0.2, 0.25) is 11.8 Å². The maximum absolute atomic E-state index is 12.1. The first-order valence-electron chi connectivity index (χ1n) is 6.35. The van der Waals surface area contributed by atoms with Crippen molar-refractivity contribution in [3.8, 4) is 5.75 Å². The van der Waals surface area contributed by atoms with Crippen molar-refractivity contribution >= 4 is 34.7 Å². The molecule has 2 amide bonds. The van der Waals surface area contributed by atoms with Gasteiger partial charge in [-0.15, -0.1) is 0 Å². The highest BCUT2D eigenvalue weighted by Gasteiger charge is 2.33. The summed E-state index contributed by atoms with van der Waals surface area (Å²) in [5.41, 5.74) is 5.85. The van der Waals surface area contributed by atoms with E-state index in [2.05, 4.69) is 0 Å². The number of carbonyl (C=O) groups is 2. The third-order valence-electron chi connectivity index (χ3n) is 3.02. The average Bonchev–Trinajstić information content (AvgIpc) is 2.36. The molecule has 5 nitrogen and oxygen atoms in total. The van der Waals surface area contributed by atoms with Gasteiger partial charge >= 0.3 is 0 Å². The zero-order valence-corrected chi connectivity index (χ0v) is 12.0. The Morgan fingerprint density at radius 3 is 2.55 bits per heavy atom. The van der Waals surface area contributed by atoms with Crippen molar-refractivity contribution in [1.82, 2.24) is 0 Å². The first-order valence-corrected chi connectivity index (χ1v) is 6.75. The average molecular weight is 292 g/mol. The van der Waals surface area contributed by atoms with Crippen LogP contribution in [0.25, 0.3) is 0 Å². The second-order valence-corrected chi connectivity index (χ2v) is 5.38. The molecule has 0 bridgehead atoms. The van der Waals surface area contributed by atoms with E-state index >= 15 is 0 Å². The maximum Gasteiger partial charge on any atom is 0.234 e. The van der Waals surface area contributed by atoms with E-state index in [0.717, 1.165) is 0 Å². The van der Waals surface area contributed by atoms with Crippen LogP contribution in [0.15, 0.2) is 24.3 Å². The molecule has 6 heteroatoms. The Hall–Kier alpha value is -1.95. The number of anilines is 1. The van der Waals surface area contributed by atoms with Crippen molar-refractivity contribution in [2.45, 2.75) is 19.8 Å². The number of ether oxygens (including phenoxy) is 1. The summed E-state index contributed by atoms with van der Waals surface area (Å²) in [6, 6.07) is 6.88. The number of nitrogens with zero attached hydrogens (tertiary/aromatic N) is 1. The van der Waals surface area contributed by atoms with Crippen molar-refractivity contribution < 1.29 is 14.3 Å². The van der Waals surface area contributed by atoms with Crippen molar-refractivity contribution in [3.05, 3.63) is 24.3 Å². The molecule has 1 aromatic carbocycles. The number of carbonyl (C=O) groups excluding carboxylic acids is 2. The number of hydrogen-bond acceptors (Lipinski definition) is 4. The Bertz CT molecular complexity index is 541. The molecule has 1 heterocycles. The zero-order chi connectivity index (χ0) is 14.7. The Labute approximate surface area is 122 Å². The van der Waals surface area contributed by atoms with Crippen LogP contribution in [0.4, 0.5) is 5.69 Å². The van der Waals surface area contributed by atoms with Crippen LogP contribution in [-0.4, -0.2) is 23.4 Å². The topological polar surface area (TPSA) is 72.6 Å². The standard InChI is InChI=1S/C14H16N2O3S/c1-9-6-13(17)16(14(18)7-9)10-4-2-3-5-11(10)19-8-12(15)20/h2-5,9H,6-8H2,1H3,(H2,15,20). The predicted molar refractivity (Wildman–Crippen MR) is 79.6 cm³/mol. The highest BCUT2D eigenvalue weighted by Crippen LogP contribution is 2.32. The molecule has 1 saturated heterocycles. The monoisotopic (exact) mass is 292 g/mol. The van der Waals surface area contributed by atoms with Gasteiger partial charge in [-0.2, -0.15) is 0 Å². The molecule has 1 aromatic rings. The minimum absolute atomic E-state index is 0.0684. The molecule has 1 aliphatic heterocycles. The first kappa shape index (κ1) is 14.5. The van der Waals surface area contributed by atoms with Crippen LogP contribution >= 0.6 is 12.2 Å². The SMILES string of the molecule is CC1CC(=O)N(c2ccccc2OCC(N)=S)C(=O)C1. The molecule has 0 spiro atoms. The van der Waals surface area contributed by atoms with E-state index in [9.17, 15) is 9.59 Å². The smallest absolute Gasteiger partial charge is 0.234 e. The Balaban J connectivity index is 2.29. The van der Waals surface area contributed by atoms with Gasteiger partial charge in [-0.25, -0.2) is 4.90 Å². The summed E-state index contributed by atoms with van der Waals surface area (Å²) in [7, 11) is 0. The van der Waals surface area contributed by atoms with Gasteiger partial charge in [-0.1, -0.05) is 31.3 Å². The second-order valence-electron chi connectivity index (χ2n) is 4.86. The molecule has 1 fully saturated rings. The van der Waals surface area contributed by atoms with E-state index in [1.54, 1.807) is 24.3 Å². The molecule has 0 radical (unpaired) electrons. The largest absolute Gasteiger partial charge is 0.484 e. The van der Waals surface area contributed by atoms with Crippen LogP contribution in [-0.2, 0) is 9.59 Å². The number of imide groups is 1. The van der Waals surface area contributed by atoms with Gasteiger partial charge in [0.05, 0.1) is 5.69 Å². The third-order valence-corrected chi connectivity index (χ3v) is 3.14. The summed E-state index contributed by atoms with van der Waals surface area (Å²) in [4.78, 5) is 25.6. The fourth-order valence-electron chi connectivity index (χ4n) is 2.17. The lowest BCUT2D eigenvalue weighted by molar-refractivity contribution is -0.130. The number of nitrogens with two attached hydrogens (primary N) is 1. The van der Waals surface area contributed by atoms with Gasteiger partial charge < -0.3 is 10.5 Å². The van der Waals surface area contributed by atoms with Gasteiger partial charge in [0.25, 0.3) is 0 Å². The lowest BCUT2D eigenvalue weighted by atomic mass is 9.97. The molecule has 106 valence electrons. The van der Waals surface area contributed by atoms with Crippen LogP contribution < -0.4 is 15.4 Å².